The molecule has 1 heteroatoms. The van der Waals surface area contributed by atoms with Gasteiger partial charge in [-0.15, -0.1) is 11.6 Å². The molecule has 0 aliphatic carbocycles. The Morgan fingerprint density at radius 2 is 2.00 bits per heavy atom. The van der Waals surface area contributed by atoms with E-state index in [1.807, 2.05) is 0 Å². The Morgan fingerprint density at radius 3 is 2.33 bits per heavy atom. The Bertz CT molecular complexity index is 48.5. The molecule has 0 amide bonds. The molecule has 0 unspecified atom stereocenters. The molecular formula is C8H17Cl. The van der Waals surface area contributed by atoms with Gasteiger partial charge in [-0.2, -0.15) is 0 Å². The molecule has 1 atom stereocenters. The summed E-state index contributed by atoms with van der Waals surface area (Å²) < 4.78 is 0. The fourth-order valence-corrected chi connectivity index (χ4v) is 1.26. The first-order valence-electron chi connectivity index (χ1n) is 3.91. The molecular weight excluding hydrogens is 132 g/mol. The molecule has 0 radical (unpaired) electrons. The molecule has 0 aromatic rings. The van der Waals surface area contributed by atoms with Crippen molar-refractivity contribution >= 4 is 11.6 Å². The molecule has 0 nitrogen and oxygen atoms in total. The maximum absolute atomic E-state index is 5.70. The third-order valence-corrected chi connectivity index (χ3v) is 2.20. The highest BCUT2D eigenvalue weighted by molar-refractivity contribution is 6.18. The quantitative estimate of drug-likeness (QED) is 0.524. The van der Waals surface area contributed by atoms with Crippen LogP contribution in [-0.2, 0) is 0 Å². The Morgan fingerprint density at radius 1 is 1.33 bits per heavy atom. The van der Waals surface area contributed by atoms with E-state index in [1.54, 1.807) is 0 Å². The topological polar surface area (TPSA) is 0 Å². The van der Waals surface area contributed by atoms with Crippen LogP contribution in [0.3, 0.4) is 0 Å². The van der Waals surface area contributed by atoms with Gasteiger partial charge in [0.05, 0.1) is 0 Å². The Hall–Kier alpha value is 0.290. The predicted octanol–water partition coefficient (Wildman–Crippen LogP) is 3.44. The van der Waals surface area contributed by atoms with Gasteiger partial charge in [0.15, 0.2) is 0 Å². The van der Waals surface area contributed by atoms with Crippen LogP contribution in [0.5, 0.6) is 0 Å². The molecule has 0 aliphatic rings. The molecule has 0 rings (SSSR count). The normalized spacial score (nSPS) is 13.7. The minimum Gasteiger partial charge on any atom is -0.126 e. The van der Waals surface area contributed by atoms with E-state index in [9.17, 15) is 0 Å². The number of halogens is 1. The van der Waals surface area contributed by atoms with Gasteiger partial charge >= 0.3 is 0 Å². The Labute approximate surface area is 63.6 Å². The second-order valence-electron chi connectivity index (χ2n) is 2.57. The van der Waals surface area contributed by atoms with E-state index >= 15 is 0 Å². The van der Waals surface area contributed by atoms with Crippen LogP contribution in [0.15, 0.2) is 0 Å². The van der Waals surface area contributed by atoms with Crippen LogP contribution in [0.2, 0.25) is 0 Å². The summed E-state index contributed by atoms with van der Waals surface area (Å²) >= 11 is 5.70. The van der Waals surface area contributed by atoms with E-state index in [4.69, 9.17) is 11.6 Å². The summed E-state index contributed by atoms with van der Waals surface area (Å²) in [4.78, 5) is 0. The van der Waals surface area contributed by atoms with Crippen LogP contribution in [0.25, 0.3) is 0 Å². The highest BCUT2D eigenvalue weighted by Gasteiger charge is 2.01. The summed E-state index contributed by atoms with van der Waals surface area (Å²) in [6, 6.07) is 0. The van der Waals surface area contributed by atoms with Crippen molar-refractivity contribution in [3.63, 3.8) is 0 Å². The Balaban J connectivity index is 3.09. The number of unbranched alkanes of at least 4 members (excludes halogenated alkanes) is 1. The van der Waals surface area contributed by atoms with E-state index < -0.39 is 0 Å². The van der Waals surface area contributed by atoms with Crippen LogP contribution in [-0.4, -0.2) is 5.88 Å². The smallest absolute Gasteiger partial charge is 0.0251 e. The molecule has 9 heavy (non-hydrogen) atoms. The van der Waals surface area contributed by atoms with Crippen LogP contribution in [0, 0.1) is 5.92 Å². The van der Waals surface area contributed by atoms with Crippen molar-refractivity contribution < 1.29 is 0 Å². The lowest BCUT2D eigenvalue weighted by molar-refractivity contribution is 0.497. The molecule has 0 fully saturated rings. The molecule has 0 aromatic heterocycles. The third-order valence-electron chi connectivity index (χ3n) is 1.76. The van der Waals surface area contributed by atoms with E-state index in [1.165, 1.54) is 25.7 Å². The average Bonchev–Trinajstić information content (AvgIpc) is 1.91. The monoisotopic (exact) mass is 148 g/mol. The minimum absolute atomic E-state index is 0.770. The maximum Gasteiger partial charge on any atom is 0.0251 e. The molecule has 0 N–H and O–H groups in total. The number of hydrogen-bond donors (Lipinski definition) is 0. The predicted molar refractivity (Wildman–Crippen MR) is 44.0 cm³/mol. The van der Waals surface area contributed by atoms with Gasteiger partial charge in [-0.25, -0.2) is 0 Å². The lowest BCUT2D eigenvalue weighted by Crippen LogP contribution is -1.99. The first-order valence-corrected chi connectivity index (χ1v) is 4.44. The lowest BCUT2D eigenvalue weighted by Gasteiger charge is -2.08. The summed E-state index contributed by atoms with van der Waals surface area (Å²) in [5, 5.41) is 0. The third kappa shape index (κ3) is 4.77. The highest BCUT2D eigenvalue weighted by atomic mass is 35.5. The zero-order chi connectivity index (χ0) is 7.11. The van der Waals surface area contributed by atoms with Crippen molar-refractivity contribution in [2.24, 2.45) is 5.92 Å². The van der Waals surface area contributed by atoms with Gasteiger partial charge in [0.2, 0.25) is 0 Å². The minimum atomic E-state index is 0.770. The van der Waals surface area contributed by atoms with Gasteiger partial charge in [0.1, 0.15) is 0 Å². The number of hydrogen-bond acceptors (Lipinski definition) is 0. The average molecular weight is 149 g/mol. The van der Waals surface area contributed by atoms with Crippen molar-refractivity contribution in [3.05, 3.63) is 0 Å². The van der Waals surface area contributed by atoms with Crippen molar-refractivity contribution in [3.8, 4) is 0 Å². The largest absolute Gasteiger partial charge is 0.126 e. The summed E-state index contributed by atoms with van der Waals surface area (Å²) in [7, 11) is 0. The van der Waals surface area contributed by atoms with E-state index in [2.05, 4.69) is 13.8 Å². The summed E-state index contributed by atoms with van der Waals surface area (Å²) in [6.45, 7) is 4.43. The fraction of sp³-hybridized carbons (Fsp3) is 1.00. The number of rotatable bonds is 5. The van der Waals surface area contributed by atoms with E-state index in [-0.39, 0.29) is 0 Å². The highest BCUT2D eigenvalue weighted by Crippen LogP contribution is 2.13. The van der Waals surface area contributed by atoms with Crippen LogP contribution < -0.4 is 0 Å². The van der Waals surface area contributed by atoms with Crippen LogP contribution >= 0.6 is 11.6 Å². The summed E-state index contributed by atoms with van der Waals surface area (Å²) in [5.74, 6) is 1.61. The molecule has 0 heterocycles. The second-order valence-corrected chi connectivity index (χ2v) is 2.88. The first kappa shape index (κ1) is 9.29. The molecule has 0 aliphatic heterocycles. The van der Waals surface area contributed by atoms with Crippen LogP contribution in [0.4, 0.5) is 0 Å². The fourth-order valence-electron chi connectivity index (χ4n) is 0.883. The first-order chi connectivity index (χ1) is 4.35. The van der Waals surface area contributed by atoms with Gasteiger partial charge in [0, 0.05) is 5.88 Å². The van der Waals surface area contributed by atoms with Crippen molar-refractivity contribution in [1.82, 2.24) is 0 Å². The summed E-state index contributed by atoms with van der Waals surface area (Å²) in [6.07, 6.45) is 5.19. The molecule has 56 valence electrons. The van der Waals surface area contributed by atoms with E-state index in [0.29, 0.717) is 0 Å². The second kappa shape index (κ2) is 6.41. The SMILES string of the molecule is CCCC[C@@H](CC)CCl. The van der Waals surface area contributed by atoms with Crippen molar-refractivity contribution in [1.29, 1.82) is 0 Å². The molecule has 0 saturated heterocycles. The Kier molecular flexibility index (Phi) is 6.62. The summed E-state index contributed by atoms with van der Waals surface area (Å²) in [5.41, 5.74) is 0. The van der Waals surface area contributed by atoms with Crippen molar-refractivity contribution in [2.45, 2.75) is 39.5 Å². The molecule has 0 bridgehead atoms. The lowest BCUT2D eigenvalue weighted by atomic mass is 10.0. The van der Waals surface area contributed by atoms with Gasteiger partial charge in [-0.3, -0.25) is 0 Å². The van der Waals surface area contributed by atoms with Gasteiger partial charge < -0.3 is 0 Å². The molecule has 0 saturated carbocycles. The van der Waals surface area contributed by atoms with Gasteiger partial charge in [-0.1, -0.05) is 33.1 Å². The molecule has 0 spiro atoms. The van der Waals surface area contributed by atoms with E-state index in [0.717, 1.165) is 11.8 Å². The van der Waals surface area contributed by atoms with Crippen LogP contribution in [0.1, 0.15) is 39.5 Å². The van der Waals surface area contributed by atoms with Crippen molar-refractivity contribution in [2.75, 3.05) is 5.88 Å². The standard InChI is InChI=1S/C8H17Cl/c1-3-5-6-8(4-2)7-9/h8H,3-7H2,1-2H3/t8-/m1/s1. The van der Waals surface area contributed by atoms with Gasteiger partial charge in [-0.05, 0) is 12.3 Å². The zero-order valence-corrected chi connectivity index (χ0v) is 7.25. The number of alkyl halides is 1. The zero-order valence-electron chi connectivity index (χ0n) is 6.49. The molecule has 0 aromatic carbocycles. The van der Waals surface area contributed by atoms with Gasteiger partial charge in [0.25, 0.3) is 0 Å². The maximum atomic E-state index is 5.70.